The third-order valence-corrected chi connectivity index (χ3v) is 4.31. The number of carbonyl (C=O) groups excluding carboxylic acids is 2. The van der Waals surface area contributed by atoms with Gasteiger partial charge in [0.25, 0.3) is 11.8 Å². The maximum atomic E-state index is 13.2. The number of hydrazine groups is 1. The Morgan fingerprint density at radius 2 is 1.59 bits per heavy atom. The first-order valence-corrected chi connectivity index (χ1v) is 8.92. The zero-order valence-corrected chi connectivity index (χ0v) is 17.1. The Morgan fingerprint density at radius 1 is 1.00 bits per heavy atom. The highest BCUT2D eigenvalue weighted by Gasteiger charge is 2.31. The Hall–Kier alpha value is -2.82. The van der Waals surface area contributed by atoms with Gasteiger partial charge in [-0.05, 0) is 65.8 Å². The molecule has 0 spiro atoms. The molecule has 1 N–H and O–H groups in total. The Kier molecular flexibility index (Phi) is 5.94. The zero-order chi connectivity index (χ0) is 20.4. The standard InChI is InChI=1S/C22H28N2O3/c1-14-11-15(2)13-17(12-14)20(25)23-24(22(4,5)6)21(26)18-9-8-10-19(27-7)16(18)3/h8-13H,1-7H3,(H,23,25). The molecule has 0 saturated heterocycles. The SMILES string of the molecule is COc1cccc(C(=O)N(NC(=O)c2cc(C)cc(C)c2)C(C)(C)C)c1C. The van der Waals surface area contributed by atoms with E-state index in [1.54, 1.807) is 19.2 Å². The summed E-state index contributed by atoms with van der Waals surface area (Å²) in [5, 5.41) is 1.38. The van der Waals surface area contributed by atoms with Gasteiger partial charge in [0, 0.05) is 16.7 Å². The van der Waals surface area contributed by atoms with E-state index < -0.39 is 5.54 Å². The number of nitrogens with zero attached hydrogens (tertiary/aromatic N) is 1. The summed E-state index contributed by atoms with van der Waals surface area (Å²) in [4.78, 5) is 26.1. The van der Waals surface area contributed by atoms with Crippen LogP contribution in [0.3, 0.4) is 0 Å². The third-order valence-electron chi connectivity index (χ3n) is 4.31. The molecule has 0 aliphatic heterocycles. The molecule has 2 rings (SSSR count). The van der Waals surface area contributed by atoms with Crippen LogP contribution in [-0.2, 0) is 0 Å². The van der Waals surface area contributed by atoms with Crippen molar-refractivity contribution < 1.29 is 14.3 Å². The van der Waals surface area contributed by atoms with Gasteiger partial charge in [0.15, 0.2) is 0 Å². The third kappa shape index (κ3) is 4.67. The highest BCUT2D eigenvalue weighted by Crippen LogP contribution is 2.24. The van der Waals surface area contributed by atoms with E-state index in [0.717, 1.165) is 16.7 Å². The van der Waals surface area contributed by atoms with E-state index in [0.29, 0.717) is 16.9 Å². The minimum Gasteiger partial charge on any atom is -0.496 e. The average Bonchev–Trinajstić information content (AvgIpc) is 2.57. The second kappa shape index (κ2) is 7.82. The summed E-state index contributed by atoms with van der Waals surface area (Å²) < 4.78 is 5.32. The number of hydrogen-bond donors (Lipinski definition) is 1. The van der Waals surface area contributed by atoms with E-state index in [-0.39, 0.29) is 11.8 Å². The highest BCUT2D eigenvalue weighted by molar-refractivity contribution is 6.00. The number of nitrogens with one attached hydrogen (secondary N) is 1. The Balaban J connectivity index is 2.39. The van der Waals surface area contributed by atoms with Gasteiger partial charge in [0.1, 0.15) is 5.75 Å². The van der Waals surface area contributed by atoms with E-state index in [4.69, 9.17) is 4.74 Å². The van der Waals surface area contributed by atoms with E-state index in [9.17, 15) is 9.59 Å². The molecule has 0 saturated carbocycles. The monoisotopic (exact) mass is 368 g/mol. The van der Waals surface area contributed by atoms with Crippen LogP contribution in [0.25, 0.3) is 0 Å². The molecule has 5 heteroatoms. The van der Waals surface area contributed by atoms with Crippen molar-refractivity contribution in [2.24, 2.45) is 0 Å². The second-order valence-corrected chi connectivity index (χ2v) is 7.76. The van der Waals surface area contributed by atoms with Crippen LogP contribution < -0.4 is 10.2 Å². The maximum Gasteiger partial charge on any atom is 0.273 e. The first kappa shape index (κ1) is 20.5. The van der Waals surface area contributed by atoms with Crippen molar-refractivity contribution in [3.8, 4) is 5.75 Å². The Morgan fingerprint density at radius 3 is 2.11 bits per heavy atom. The van der Waals surface area contributed by atoms with Crippen molar-refractivity contribution in [2.45, 2.75) is 47.1 Å². The molecule has 144 valence electrons. The molecule has 2 amide bonds. The molecular formula is C22H28N2O3. The normalized spacial score (nSPS) is 11.1. The summed E-state index contributed by atoms with van der Waals surface area (Å²) in [5.41, 5.74) is 5.93. The van der Waals surface area contributed by atoms with Gasteiger partial charge in [0.05, 0.1) is 12.6 Å². The number of methoxy groups -OCH3 is 1. The molecule has 0 aliphatic carbocycles. The molecule has 0 aliphatic rings. The predicted octanol–water partition coefficient (Wildman–Crippen LogP) is 4.21. The molecule has 0 fully saturated rings. The molecule has 27 heavy (non-hydrogen) atoms. The number of aryl methyl sites for hydroxylation is 2. The van der Waals surface area contributed by atoms with Crippen LogP contribution in [0.5, 0.6) is 5.75 Å². The van der Waals surface area contributed by atoms with E-state index in [2.05, 4.69) is 5.43 Å². The molecule has 0 unspecified atom stereocenters. The van der Waals surface area contributed by atoms with Crippen LogP contribution in [0.2, 0.25) is 0 Å². The van der Waals surface area contributed by atoms with Gasteiger partial charge in [-0.1, -0.05) is 23.3 Å². The average molecular weight is 368 g/mol. The van der Waals surface area contributed by atoms with Crippen LogP contribution in [0, 0.1) is 20.8 Å². The number of rotatable bonds is 3. The Labute approximate surface area is 161 Å². The minimum absolute atomic E-state index is 0.281. The zero-order valence-electron chi connectivity index (χ0n) is 17.1. The summed E-state index contributed by atoms with van der Waals surface area (Å²) in [6, 6.07) is 10.9. The van der Waals surface area contributed by atoms with Crippen LogP contribution in [0.15, 0.2) is 36.4 Å². The van der Waals surface area contributed by atoms with Crippen LogP contribution in [-0.4, -0.2) is 29.5 Å². The van der Waals surface area contributed by atoms with E-state index in [1.165, 1.54) is 5.01 Å². The summed E-state index contributed by atoms with van der Waals surface area (Å²) in [7, 11) is 1.57. The quantitative estimate of drug-likeness (QED) is 0.826. The fourth-order valence-electron chi connectivity index (χ4n) is 2.98. The first-order valence-electron chi connectivity index (χ1n) is 8.92. The van der Waals surface area contributed by atoms with Crippen molar-refractivity contribution >= 4 is 11.8 Å². The van der Waals surface area contributed by atoms with Crippen LogP contribution in [0.4, 0.5) is 0 Å². The van der Waals surface area contributed by atoms with Crippen LogP contribution in [0.1, 0.15) is 58.2 Å². The lowest BCUT2D eigenvalue weighted by Crippen LogP contribution is -2.56. The number of ether oxygens (including phenoxy) is 1. The van der Waals surface area contributed by atoms with E-state index in [1.807, 2.05) is 65.8 Å². The van der Waals surface area contributed by atoms with E-state index >= 15 is 0 Å². The second-order valence-electron chi connectivity index (χ2n) is 7.76. The Bertz CT molecular complexity index is 846. The molecule has 0 aromatic heterocycles. The highest BCUT2D eigenvalue weighted by atomic mass is 16.5. The minimum atomic E-state index is -0.610. The lowest BCUT2D eigenvalue weighted by atomic mass is 10.0. The molecule has 0 radical (unpaired) electrons. The topological polar surface area (TPSA) is 58.6 Å². The molecule has 2 aromatic carbocycles. The molecule has 0 heterocycles. The van der Waals surface area contributed by atoms with Gasteiger partial charge < -0.3 is 4.74 Å². The molecular weight excluding hydrogens is 340 g/mol. The van der Waals surface area contributed by atoms with Crippen molar-refractivity contribution in [3.63, 3.8) is 0 Å². The lowest BCUT2D eigenvalue weighted by Gasteiger charge is -2.36. The summed E-state index contributed by atoms with van der Waals surface area (Å²) >= 11 is 0. The van der Waals surface area contributed by atoms with Gasteiger partial charge >= 0.3 is 0 Å². The largest absolute Gasteiger partial charge is 0.496 e. The fourth-order valence-corrected chi connectivity index (χ4v) is 2.98. The number of amides is 2. The summed E-state index contributed by atoms with van der Waals surface area (Å²) in [5.74, 6) is 0.0394. The predicted molar refractivity (Wildman–Crippen MR) is 107 cm³/mol. The van der Waals surface area contributed by atoms with Crippen molar-refractivity contribution in [3.05, 3.63) is 64.2 Å². The number of benzene rings is 2. The fraction of sp³-hybridized carbons (Fsp3) is 0.364. The first-order chi connectivity index (χ1) is 12.5. The molecule has 5 nitrogen and oxygen atoms in total. The number of hydrogen-bond acceptors (Lipinski definition) is 3. The van der Waals surface area contributed by atoms with Crippen molar-refractivity contribution in [1.29, 1.82) is 0 Å². The summed E-state index contributed by atoms with van der Waals surface area (Å²) in [6.45, 7) is 11.3. The van der Waals surface area contributed by atoms with Gasteiger partial charge in [-0.25, -0.2) is 5.01 Å². The maximum absolute atomic E-state index is 13.2. The van der Waals surface area contributed by atoms with Crippen molar-refractivity contribution in [2.75, 3.05) is 7.11 Å². The molecule has 0 bridgehead atoms. The summed E-state index contributed by atoms with van der Waals surface area (Å²) in [6.07, 6.45) is 0. The lowest BCUT2D eigenvalue weighted by molar-refractivity contribution is 0.0357. The van der Waals surface area contributed by atoms with Gasteiger partial charge in [-0.2, -0.15) is 0 Å². The van der Waals surface area contributed by atoms with Crippen molar-refractivity contribution in [1.82, 2.24) is 10.4 Å². The van der Waals surface area contributed by atoms with Gasteiger partial charge in [-0.15, -0.1) is 0 Å². The molecule has 2 aromatic rings. The van der Waals surface area contributed by atoms with Gasteiger partial charge in [-0.3, -0.25) is 15.0 Å². The van der Waals surface area contributed by atoms with Gasteiger partial charge in [0.2, 0.25) is 0 Å². The number of carbonyl (C=O) groups is 2. The molecule has 0 atom stereocenters. The smallest absolute Gasteiger partial charge is 0.273 e. The van der Waals surface area contributed by atoms with Crippen LogP contribution >= 0.6 is 0 Å².